The molecule has 0 saturated heterocycles. The SMILES string of the molecule is Nc1n[nH]c2cc(-c3ccc(C(=O)O)o3)ccc12. The van der Waals surface area contributed by atoms with Crippen LogP contribution >= 0.6 is 0 Å². The molecule has 2 heterocycles. The predicted octanol–water partition coefficient (Wildman–Crippen LogP) is 2.10. The Morgan fingerprint density at radius 1 is 1.33 bits per heavy atom. The lowest BCUT2D eigenvalue weighted by molar-refractivity contribution is 0.0663. The number of carbonyl (C=O) groups is 1. The molecule has 1 aromatic carbocycles. The number of fused-ring (bicyclic) bond motifs is 1. The number of nitrogens with one attached hydrogen (secondary N) is 1. The van der Waals surface area contributed by atoms with Gasteiger partial charge in [0.15, 0.2) is 5.82 Å². The molecule has 0 spiro atoms. The first kappa shape index (κ1) is 10.4. The van der Waals surface area contributed by atoms with E-state index in [-0.39, 0.29) is 5.76 Å². The first-order valence-electron chi connectivity index (χ1n) is 5.22. The molecule has 0 saturated carbocycles. The van der Waals surface area contributed by atoms with Crippen LogP contribution in [0, 0.1) is 0 Å². The van der Waals surface area contributed by atoms with Gasteiger partial charge in [0.1, 0.15) is 5.76 Å². The third kappa shape index (κ3) is 1.51. The number of aromatic carboxylic acids is 1. The number of aromatic amines is 1. The standard InChI is InChI=1S/C12H9N3O3/c13-11-7-2-1-6(5-8(7)14-15-11)9-3-4-10(18-9)12(16)17/h1-5H,(H,16,17)(H3,13,14,15). The van der Waals surface area contributed by atoms with E-state index in [1.165, 1.54) is 6.07 Å². The zero-order valence-corrected chi connectivity index (χ0v) is 9.18. The van der Waals surface area contributed by atoms with E-state index < -0.39 is 5.97 Å². The summed E-state index contributed by atoms with van der Waals surface area (Å²) in [7, 11) is 0. The van der Waals surface area contributed by atoms with Gasteiger partial charge in [0.05, 0.1) is 5.52 Å². The smallest absolute Gasteiger partial charge is 0.371 e. The fourth-order valence-corrected chi connectivity index (χ4v) is 1.80. The molecule has 2 aromatic heterocycles. The van der Waals surface area contributed by atoms with E-state index >= 15 is 0 Å². The van der Waals surface area contributed by atoms with Crippen molar-refractivity contribution in [2.45, 2.75) is 0 Å². The Morgan fingerprint density at radius 3 is 2.89 bits per heavy atom. The second-order valence-electron chi connectivity index (χ2n) is 3.84. The zero-order chi connectivity index (χ0) is 12.7. The van der Waals surface area contributed by atoms with Crippen LogP contribution in [0.4, 0.5) is 5.82 Å². The fourth-order valence-electron chi connectivity index (χ4n) is 1.80. The van der Waals surface area contributed by atoms with Gasteiger partial charge in [0, 0.05) is 10.9 Å². The number of anilines is 1. The van der Waals surface area contributed by atoms with Crippen LogP contribution in [0.3, 0.4) is 0 Å². The molecule has 90 valence electrons. The number of nitrogens with two attached hydrogens (primary N) is 1. The van der Waals surface area contributed by atoms with Crippen molar-refractivity contribution in [2.24, 2.45) is 0 Å². The Bertz CT molecular complexity index is 742. The van der Waals surface area contributed by atoms with Gasteiger partial charge in [-0.25, -0.2) is 4.79 Å². The lowest BCUT2D eigenvalue weighted by Crippen LogP contribution is -1.91. The number of hydrogen-bond donors (Lipinski definition) is 3. The molecule has 0 atom stereocenters. The number of nitrogen functional groups attached to an aromatic ring is 1. The molecule has 6 nitrogen and oxygen atoms in total. The van der Waals surface area contributed by atoms with E-state index in [1.807, 2.05) is 12.1 Å². The quantitative estimate of drug-likeness (QED) is 0.639. The maximum Gasteiger partial charge on any atom is 0.371 e. The molecular formula is C12H9N3O3. The molecule has 0 bridgehead atoms. The molecule has 0 aliphatic carbocycles. The average molecular weight is 243 g/mol. The van der Waals surface area contributed by atoms with Gasteiger partial charge in [-0.3, -0.25) is 5.10 Å². The summed E-state index contributed by atoms with van der Waals surface area (Å²) in [4.78, 5) is 10.7. The van der Waals surface area contributed by atoms with E-state index in [4.69, 9.17) is 15.3 Å². The van der Waals surface area contributed by atoms with E-state index in [9.17, 15) is 4.79 Å². The van der Waals surface area contributed by atoms with Crippen LogP contribution in [-0.4, -0.2) is 21.3 Å². The molecule has 3 aromatic rings. The van der Waals surface area contributed by atoms with Crippen LogP contribution in [0.1, 0.15) is 10.6 Å². The molecule has 0 radical (unpaired) electrons. The van der Waals surface area contributed by atoms with Crippen molar-refractivity contribution in [3.63, 3.8) is 0 Å². The van der Waals surface area contributed by atoms with Gasteiger partial charge >= 0.3 is 5.97 Å². The number of furan rings is 1. The Balaban J connectivity index is 2.10. The van der Waals surface area contributed by atoms with E-state index in [0.29, 0.717) is 11.6 Å². The van der Waals surface area contributed by atoms with Crippen molar-refractivity contribution in [3.05, 3.63) is 36.1 Å². The lowest BCUT2D eigenvalue weighted by Gasteiger charge is -1.97. The van der Waals surface area contributed by atoms with E-state index in [1.54, 1.807) is 12.1 Å². The lowest BCUT2D eigenvalue weighted by atomic mass is 10.1. The summed E-state index contributed by atoms with van der Waals surface area (Å²) < 4.78 is 5.22. The minimum absolute atomic E-state index is 0.0887. The molecule has 0 unspecified atom stereocenters. The Labute approximate surface area is 101 Å². The van der Waals surface area contributed by atoms with Crippen molar-refractivity contribution < 1.29 is 14.3 Å². The molecule has 0 aliphatic rings. The van der Waals surface area contributed by atoms with Crippen LogP contribution in [-0.2, 0) is 0 Å². The van der Waals surface area contributed by atoms with Crippen molar-refractivity contribution in [3.8, 4) is 11.3 Å². The second kappa shape index (κ2) is 3.63. The summed E-state index contributed by atoms with van der Waals surface area (Å²) in [6, 6.07) is 8.46. The summed E-state index contributed by atoms with van der Waals surface area (Å²) in [6.45, 7) is 0. The number of hydrogen-bond acceptors (Lipinski definition) is 4. The molecule has 3 rings (SSSR count). The molecule has 4 N–H and O–H groups in total. The van der Waals surface area contributed by atoms with Gasteiger partial charge in [-0.05, 0) is 24.3 Å². The van der Waals surface area contributed by atoms with Gasteiger partial charge in [0.2, 0.25) is 5.76 Å². The van der Waals surface area contributed by atoms with Crippen LogP contribution < -0.4 is 5.73 Å². The monoisotopic (exact) mass is 243 g/mol. The summed E-state index contributed by atoms with van der Waals surface area (Å²) >= 11 is 0. The Morgan fingerprint density at radius 2 is 2.17 bits per heavy atom. The number of aromatic nitrogens is 2. The number of rotatable bonds is 2. The minimum Gasteiger partial charge on any atom is -0.475 e. The van der Waals surface area contributed by atoms with Gasteiger partial charge in [-0.2, -0.15) is 5.10 Å². The Hall–Kier alpha value is -2.76. The average Bonchev–Trinajstić information content (AvgIpc) is 2.96. The van der Waals surface area contributed by atoms with Crippen LogP contribution in [0.2, 0.25) is 0 Å². The maximum absolute atomic E-state index is 10.7. The first-order chi connectivity index (χ1) is 8.65. The summed E-state index contributed by atoms with van der Waals surface area (Å²) in [5, 5.41) is 16.3. The summed E-state index contributed by atoms with van der Waals surface area (Å²) in [5.41, 5.74) is 7.20. The van der Waals surface area contributed by atoms with E-state index in [2.05, 4.69) is 10.2 Å². The maximum atomic E-state index is 10.7. The summed E-state index contributed by atoms with van der Waals surface area (Å²) in [6.07, 6.45) is 0. The van der Waals surface area contributed by atoms with Gasteiger partial charge in [0.25, 0.3) is 0 Å². The molecule has 0 aliphatic heterocycles. The van der Waals surface area contributed by atoms with Crippen LogP contribution in [0.25, 0.3) is 22.2 Å². The molecule has 0 fully saturated rings. The highest BCUT2D eigenvalue weighted by molar-refractivity contribution is 5.91. The Kier molecular flexibility index (Phi) is 2.09. The largest absolute Gasteiger partial charge is 0.475 e. The van der Waals surface area contributed by atoms with Gasteiger partial charge in [-0.1, -0.05) is 6.07 Å². The minimum atomic E-state index is -1.09. The van der Waals surface area contributed by atoms with Crippen LogP contribution in [0.15, 0.2) is 34.7 Å². The van der Waals surface area contributed by atoms with Crippen molar-refractivity contribution in [1.82, 2.24) is 10.2 Å². The third-order valence-corrected chi connectivity index (χ3v) is 2.69. The number of H-pyrrole nitrogens is 1. The second-order valence-corrected chi connectivity index (χ2v) is 3.84. The highest BCUT2D eigenvalue weighted by Gasteiger charge is 2.11. The predicted molar refractivity (Wildman–Crippen MR) is 65.2 cm³/mol. The van der Waals surface area contributed by atoms with Crippen molar-refractivity contribution in [2.75, 3.05) is 5.73 Å². The number of nitrogens with zero attached hydrogens (tertiary/aromatic N) is 1. The van der Waals surface area contributed by atoms with E-state index in [0.717, 1.165) is 16.5 Å². The highest BCUT2D eigenvalue weighted by atomic mass is 16.4. The normalized spacial score (nSPS) is 10.9. The number of carboxylic acid groups (broad SMARTS) is 1. The fraction of sp³-hybridized carbons (Fsp3) is 0. The van der Waals surface area contributed by atoms with Crippen molar-refractivity contribution in [1.29, 1.82) is 0 Å². The van der Waals surface area contributed by atoms with Gasteiger partial charge < -0.3 is 15.3 Å². The van der Waals surface area contributed by atoms with Crippen molar-refractivity contribution >= 4 is 22.7 Å². The highest BCUT2D eigenvalue weighted by Crippen LogP contribution is 2.27. The van der Waals surface area contributed by atoms with Crippen LogP contribution in [0.5, 0.6) is 0 Å². The summed E-state index contributed by atoms with van der Waals surface area (Å²) in [5.74, 6) is -0.257. The molecular weight excluding hydrogens is 234 g/mol. The molecule has 6 heteroatoms. The number of carboxylic acids is 1. The molecule has 18 heavy (non-hydrogen) atoms. The third-order valence-electron chi connectivity index (χ3n) is 2.69. The number of benzene rings is 1. The first-order valence-corrected chi connectivity index (χ1v) is 5.22. The topological polar surface area (TPSA) is 105 Å². The van der Waals surface area contributed by atoms with Gasteiger partial charge in [-0.15, -0.1) is 0 Å². The zero-order valence-electron chi connectivity index (χ0n) is 9.18. The molecule has 0 amide bonds.